The van der Waals surface area contributed by atoms with Crippen molar-refractivity contribution in [2.24, 2.45) is 0 Å². The number of nitrogens with one attached hydrogen (secondary N) is 1. The maximum Gasteiger partial charge on any atom is 0.255 e. The van der Waals surface area contributed by atoms with Crippen molar-refractivity contribution in [2.45, 2.75) is 40.0 Å². The largest absolute Gasteiger partial charge is 0.365 e. The van der Waals surface area contributed by atoms with Gasteiger partial charge in [-0.3, -0.25) is 14.3 Å². The standard InChI is InChI=1S/C21H26N6O3/c1-4-25-13-22-16-10-15(6-7-18(16)25)21(29)26-8-9-30-19(12-26)20(28)23-17-11-27(5-2)24-14(17)3/h6-7,10-11,13,19H,4-5,8-9,12H2,1-3H3,(H,23,28). The molecule has 0 radical (unpaired) electrons. The maximum atomic E-state index is 13.0. The Morgan fingerprint density at radius 3 is 2.83 bits per heavy atom. The molecule has 30 heavy (non-hydrogen) atoms. The third-order valence-electron chi connectivity index (χ3n) is 5.38. The van der Waals surface area contributed by atoms with E-state index >= 15 is 0 Å². The van der Waals surface area contributed by atoms with Crippen LogP contribution in [0.1, 0.15) is 29.9 Å². The summed E-state index contributed by atoms with van der Waals surface area (Å²) in [5, 5.41) is 7.20. The van der Waals surface area contributed by atoms with Crippen LogP contribution >= 0.6 is 0 Å². The number of nitrogens with zero attached hydrogens (tertiary/aromatic N) is 5. The van der Waals surface area contributed by atoms with Gasteiger partial charge in [-0.05, 0) is 39.0 Å². The van der Waals surface area contributed by atoms with Gasteiger partial charge in [-0.25, -0.2) is 4.98 Å². The number of carbonyl (C=O) groups is 2. The summed E-state index contributed by atoms with van der Waals surface area (Å²) in [5.74, 6) is -0.401. The second-order valence-corrected chi connectivity index (χ2v) is 7.32. The van der Waals surface area contributed by atoms with Gasteiger partial charge in [-0.1, -0.05) is 0 Å². The molecule has 1 aliphatic heterocycles. The summed E-state index contributed by atoms with van der Waals surface area (Å²) in [6.45, 7) is 8.37. The summed E-state index contributed by atoms with van der Waals surface area (Å²) >= 11 is 0. The van der Waals surface area contributed by atoms with Crippen LogP contribution in [-0.4, -0.2) is 61.8 Å². The molecule has 2 amide bonds. The van der Waals surface area contributed by atoms with Crippen LogP contribution in [0.15, 0.2) is 30.7 Å². The average molecular weight is 410 g/mol. The molecular weight excluding hydrogens is 384 g/mol. The summed E-state index contributed by atoms with van der Waals surface area (Å²) in [6.07, 6.45) is 2.84. The Morgan fingerprint density at radius 1 is 1.27 bits per heavy atom. The van der Waals surface area contributed by atoms with Gasteiger partial charge in [0.1, 0.15) is 0 Å². The number of hydrogen-bond acceptors (Lipinski definition) is 5. The number of aryl methyl sites for hydroxylation is 3. The molecule has 158 valence electrons. The van der Waals surface area contributed by atoms with Gasteiger partial charge in [0.25, 0.3) is 11.8 Å². The van der Waals surface area contributed by atoms with E-state index in [9.17, 15) is 9.59 Å². The topological polar surface area (TPSA) is 94.3 Å². The molecule has 1 atom stereocenters. The van der Waals surface area contributed by atoms with Crippen molar-refractivity contribution >= 4 is 28.5 Å². The number of amides is 2. The van der Waals surface area contributed by atoms with Crippen molar-refractivity contribution in [3.8, 4) is 0 Å². The Hall–Kier alpha value is -3.20. The molecule has 1 saturated heterocycles. The Bertz CT molecular complexity index is 1090. The molecule has 9 nitrogen and oxygen atoms in total. The maximum absolute atomic E-state index is 13.0. The van der Waals surface area contributed by atoms with Crippen LogP contribution in [0.3, 0.4) is 0 Å². The van der Waals surface area contributed by atoms with E-state index in [1.807, 2.05) is 37.5 Å². The van der Waals surface area contributed by atoms with Gasteiger partial charge in [0.05, 0.1) is 41.9 Å². The molecule has 4 rings (SSSR count). The number of anilines is 1. The van der Waals surface area contributed by atoms with Crippen LogP contribution in [0.5, 0.6) is 0 Å². The number of benzene rings is 1. The first-order valence-corrected chi connectivity index (χ1v) is 10.2. The Balaban J connectivity index is 1.45. The number of imidazole rings is 1. The molecule has 1 N–H and O–H groups in total. The number of aromatic nitrogens is 4. The minimum atomic E-state index is -0.727. The van der Waals surface area contributed by atoms with Gasteiger partial charge in [0.15, 0.2) is 6.10 Å². The first kappa shape index (κ1) is 20.1. The molecule has 0 saturated carbocycles. The van der Waals surface area contributed by atoms with E-state index in [2.05, 4.69) is 15.4 Å². The molecule has 1 unspecified atom stereocenters. The molecule has 1 aromatic carbocycles. The molecule has 0 spiro atoms. The molecular formula is C21H26N6O3. The number of rotatable bonds is 5. The van der Waals surface area contributed by atoms with Crippen LogP contribution < -0.4 is 5.32 Å². The van der Waals surface area contributed by atoms with Crippen LogP contribution in [0, 0.1) is 6.92 Å². The van der Waals surface area contributed by atoms with E-state index in [1.54, 1.807) is 28.2 Å². The fourth-order valence-corrected chi connectivity index (χ4v) is 3.64. The first-order valence-electron chi connectivity index (χ1n) is 10.2. The fourth-order valence-electron chi connectivity index (χ4n) is 3.64. The third kappa shape index (κ3) is 3.80. The van der Waals surface area contributed by atoms with E-state index < -0.39 is 6.10 Å². The van der Waals surface area contributed by atoms with Crippen molar-refractivity contribution in [3.05, 3.63) is 42.0 Å². The molecule has 3 aromatic rings. The predicted molar refractivity (Wildman–Crippen MR) is 112 cm³/mol. The second kappa shape index (κ2) is 8.27. The van der Waals surface area contributed by atoms with Gasteiger partial charge in [0.2, 0.25) is 0 Å². The van der Waals surface area contributed by atoms with E-state index in [-0.39, 0.29) is 18.4 Å². The van der Waals surface area contributed by atoms with Gasteiger partial charge in [-0.15, -0.1) is 0 Å². The lowest BCUT2D eigenvalue weighted by atomic mass is 10.1. The quantitative estimate of drug-likeness (QED) is 0.695. The number of fused-ring (bicyclic) bond motifs is 1. The van der Waals surface area contributed by atoms with E-state index in [1.165, 1.54) is 0 Å². The minimum absolute atomic E-state index is 0.126. The highest BCUT2D eigenvalue weighted by Gasteiger charge is 2.30. The number of ether oxygens (including phenoxy) is 1. The molecule has 0 bridgehead atoms. The number of hydrogen-bond donors (Lipinski definition) is 1. The predicted octanol–water partition coefficient (Wildman–Crippen LogP) is 2.06. The van der Waals surface area contributed by atoms with Gasteiger partial charge in [0, 0.05) is 31.4 Å². The Labute approximate surface area is 174 Å². The van der Waals surface area contributed by atoms with Gasteiger partial charge < -0.3 is 19.5 Å². The van der Waals surface area contributed by atoms with Crippen molar-refractivity contribution < 1.29 is 14.3 Å². The highest BCUT2D eigenvalue weighted by molar-refractivity contribution is 5.99. The van der Waals surface area contributed by atoms with Crippen LogP contribution in [0.2, 0.25) is 0 Å². The molecule has 0 aliphatic carbocycles. The summed E-state index contributed by atoms with van der Waals surface area (Å²) in [6, 6.07) is 5.53. The van der Waals surface area contributed by atoms with Crippen LogP contribution in [0.4, 0.5) is 5.69 Å². The normalized spacial score (nSPS) is 16.8. The minimum Gasteiger partial charge on any atom is -0.365 e. The zero-order valence-corrected chi connectivity index (χ0v) is 17.5. The molecule has 9 heteroatoms. The molecule has 1 aliphatic rings. The third-order valence-corrected chi connectivity index (χ3v) is 5.38. The summed E-state index contributed by atoms with van der Waals surface area (Å²) in [5.41, 5.74) is 3.74. The van der Waals surface area contributed by atoms with E-state index in [0.717, 1.165) is 29.8 Å². The zero-order valence-electron chi connectivity index (χ0n) is 17.5. The Kier molecular flexibility index (Phi) is 5.54. The Morgan fingerprint density at radius 2 is 2.10 bits per heavy atom. The van der Waals surface area contributed by atoms with Crippen LogP contribution in [-0.2, 0) is 22.6 Å². The number of carbonyl (C=O) groups excluding carboxylic acids is 2. The summed E-state index contributed by atoms with van der Waals surface area (Å²) in [4.78, 5) is 31.8. The van der Waals surface area contributed by atoms with Crippen molar-refractivity contribution in [3.63, 3.8) is 0 Å². The lowest BCUT2D eigenvalue weighted by Gasteiger charge is -2.32. The van der Waals surface area contributed by atoms with Gasteiger partial charge >= 0.3 is 0 Å². The van der Waals surface area contributed by atoms with Gasteiger partial charge in [-0.2, -0.15) is 5.10 Å². The SMILES string of the molecule is CCn1cc(NC(=O)C2CN(C(=O)c3ccc4c(c3)ncn4CC)CCO2)c(C)n1. The van der Waals surface area contributed by atoms with Crippen molar-refractivity contribution in [2.75, 3.05) is 25.0 Å². The summed E-state index contributed by atoms with van der Waals surface area (Å²) < 4.78 is 9.43. The molecule has 2 aromatic heterocycles. The van der Waals surface area contributed by atoms with E-state index in [0.29, 0.717) is 24.4 Å². The molecule has 3 heterocycles. The van der Waals surface area contributed by atoms with Crippen molar-refractivity contribution in [1.82, 2.24) is 24.2 Å². The molecule has 1 fully saturated rings. The lowest BCUT2D eigenvalue weighted by Crippen LogP contribution is -2.50. The highest BCUT2D eigenvalue weighted by Crippen LogP contribution is 2.19. The fraction of sp³-hybridized carbons (Fsp3) is 0.429. The summed E-state index contributed by atoms with van der Waals surface area (Å²) in [7, 11) is 0. The first-order chi connectivity index (χ1) is 14.5. The smallest absolute Gasteiger partial charge is 0.255 e. The van der Waals surface area contributed by atoms with Crippen molar-refractivity contribution in [1.29, 1.82) is 0 Å². The number of morpholine rings is 1. The van der Waals surface area contributed by atoms with Crippen LogP contribution in [0.25, 0.3) is 11.0 Å². The lowest BCUT2D eigenvalue weighted by molar-refractivity contribution is -0.131. The van der Waals surface area contributed by atoms with E-state index in [4.69, 9.17) is 4.74 Å². The average Bonchev–Trinajstić information content (AvgIpc) is 3.35. The second-order valence-electron chi connectivity index (χ2n) is 7.32. The highest BCUT2D eigenvalue weighted by atomic mass is 16.5. The monoisotopic (exact) mass is 410 g/mol. The zero-order chi connectivity index (χ0) is 21.3.